The van der Waals surface area contributed by atoms with Gasteiger partial charge in [-0.2, -0.15) is 5.26 Å². The van der Waals surface area contributed by atoms with Crippen molar-refractivity contribution in [1.29, 1.82) is 5.26 Å². The molecule has 0 radical (unpaired) electrons. The van der Waals surface area contributed by atoms with Crippen LogP contribution in [-0.2, 0) is 23.2 Å². The monoisotopic (exact) mass is 766 g/mol. The maximum atomic E-state index is 15.0. The lowest BCUT2D eigenvalue weighted by Crippen LogP contribution is -2.64. The number of esters is 1. The van der Waals surface area contributed by atoms with E-state index >= 15 is 4.79 Å². The van der Waals surface area contributed by atoms with Gasteiger partial charge in [-0.1, -0.05) is 88.7 Å². The summed E-state index contributed by atoms with van der Waals surface area (Å²) in [5, 5.41) is 11.1. The topological polar surface area (TPSA) is 85.6 Å². The molecule has 3 saturated carbocycles. The predicted molar refractivity (Wildman–Crippen MR) is 220 cm³/mol. The standard InChI is InChI=1S/C45H75NO5Si2/c1-39(2,3)52(14,15)50-23-22-42(9)34-19-21-44(11)35(43(34,10)25-29(28-46)37(42)51-53(16,17)40(4,5)6)24-33(47)36-31-26-41(7,8)27-32(38(48)49-13)30(31)18-20-45(36,44)12/h24,30-32,34,36H,18-23,25-27H2,1-17H3/t30?,31-,32-,34+,36+,42+,43+,44-,45-/m1/s1. The molecule has 8 heteroatoms. The van der Waals surface area contributed by atoms with Gasteiger partial charge >= 0.3 is 5.97 Å². The van der Waals surface area contributed by atoms with Crippen LogP contribution < -0.4 is 0 Å². The molecule has 1 unspecified atom stereocenters. The van der Waals surface area contributed by atoms with Crippen molar-refractivity contribution in [1.82, 2.24) is 0 Å². The van der Waals surface area contributed by atoms with Gasteiger partial charge in [0, 0.05) is 17.9 Å². The molecule has 0 saturated heterocycles. The maximum Gasteiger partial charge on any atom is 0.308 e. The van der Waals surface area contributed by atoms with E-state index in [4.69, 9.17) is 13.6 Å². The summed E-state index contributed by atoms with van der Waals surface area (Å²) in [7, 11) is -2.82. The number of methoxy groups -OCH3 is 1. The highest BCUT2D eigenvalue weighted by atomic mass is 28.4. The third-order valence-corrected chi connectivity index (χ3v) is 26.2. The Morgan fingerprint density at radius 3 is 2.06 bits per heavy atom. The predicted octanol–water partition coefficient (Wildman–Crippen LogP) is 11.8. The highest BCUT2D eigenvalue weighted by molar-refractivity contribution is 6.74. The maximum absolute atomic E-state index is 15.0. The van der Waals surface area contributed by atoms with E-state index in [9.17, 15) is 10.1 Å². The van der Waals surface area contributed by atoms with Crippen molar-refractivity contribution in [2.45, 2.75) is 171 Å². The molecule has 0 aliphatic heterocycles. The van der Waals surface area contributed by atoms with Gasteiger partial charge in [0.1, 0.15) is 0 Å². The highest BCUT2D eigenvalue weighted by Crippen LogP contribution is 2.75. The Hall–Kier alpha value is -1.70. The molecule has 5 aliphatic carbocycles. The van der Waals surface area contributed by atoms with Gasteiger partial charge in [-0.3, -0.25) is 9.59 Å². The number of hydrogen-bond donors (Lipinski definition) is 0. The first-order chi connectivity index (χ1) is 24.0. The Kier molecular flexibility index (Phi) is 10.6. The zero-order valence-electron chi connectivity index (χ0n) is 36.8. The molecule has 0 spiro atoms. The van der Waals surface area contributed by atoms with Crippen LogP contribution in [0.3, 0.4) is 0 Å². The van der Waals surface area contributed by atoms with Gasteiger partial charge in [-0.25, -0.2) is 0 Å². The summed E-state index contributed by atoms with van der Waals surface area (Å²) in [5.41, 5.74) is 0.709. The average molecular weight is 766 g/mol. The fraction of sp³-hybridized carbons (Fsp3) is 0.844. The van der Waals surface area contributed by atoms with Gasteiger partial charge in [-0.05, 0) is 133 Å². The number of allylic oxidation sites excluding steroid dienone is 4. The number of ketones is 1. The molecule has 53 heavy (non-hydrogen) atoms. The van der Waals surface area contributed by atoms with Gasteiger partial charge in [-0.15, -0.1) is 0 Å². The van der Waals surface area contributed by atoms with Crippen molar-refractivity contribution < 1.29 is 23.2 Å². The van der Waals surface area contributed by atoms with Gasteiger partial charge in [0.25, 0.3) is 0 Å². The van der Waals surface area contributed by atoms with Crippen LogP contribution in [0.15, 0.2) is 23.0 Å². The van der Waals surface area contributed by atoms with Crippen LogP contribution in [0.1, 0.15) is 134 Å². The largest absolute Gasteiger partial charge is 0.545 e. The molecule has 0 amide bonds. The number of hydrogen-bond acceptors (Lipinski definition) is 6. The molecule has 0 aromatic carbocycles. The Morgan fingerprint density at radius 1 is 0.906 bits per heavy atom. The molecule has 0 N–H and O–H groups in total. The Balaban J connectivity index is 1.64. The summed E-state index contributed by atoms with van der Waals surface area (Å²) in [6, 6.07) is 2.71. The number of rotatable bonds is 7. The summed E-state index contributed by atoms with van der Waals surface area (Å²) in [5.74, 6) is 1.26. The summed E-state index contributed by atoms with van der Waals surface area (Å²) in [6.07, 6.45) is 9.09. The van der Waals surface area contributed by atoms with Crippen LogP contribution in [0.2, 0.25) is 36.3 Å². The van der Waals surface area contributed by atoms with Crippen molar-refractivity contribution in [2.24, 2.45) is 56.7 Å². The average Bonchev–Trinajstić information content (AvgIpc) is 3.01. The fourth-order valence-electron chi connectivity index (χ4n) is 12.1. The van der Waals surface area contributed by atoms with Gasteiger partial charge < -0.3 is 13.6 Å². The zero-order chi connectivity index (χ0) is 40.2. The van der Waals surface area contributed by atoms with Crippen molar-refractivity contribution in [2.75, 3.05) is 13.7 Å². The smallest absolute Gasteiger partial charge is 0.308 e. The lowest BCUT2D eigenvalue weighted by Gasteiger charge is -2.69. The van der Waals surface area contributed by atoms with E-state index in [1.165, 1.54) is 12.7 Å². The Bertz CT molecular complexity index is 1600. The van der Waals surface area contributed by atoms with E-state index in [1.54, 1.807) is 0 Å². The third kappa shape index (κ3) is 6.61. The Morgan fingerprint density at radius 2 is 1.51 bits per heavy atom. The fourth-order valence-corrected chi connectivity index (χ4v) is 14.3. The molecule has 0 aromatic heterocycles. The minimum absolute atomic E-state index is 0.0215. The first-order valence-corrected chi connectivity index (χ1v) is 26.6. The van der Waals surface area contributed by atoms with E-state index in [-0.39, 0.29) is 73.1 Å². The number of nitrogens with zero attached hydrogens (tertiary/aromatic N) is 1. The summed E-state index contributed by atoms with van der Waals surface area (Å²) in [6.45, 7) is 37.7. The molecule has 5 rings (SSSR count). The van der Waals surface area contributed by atoms with Crippen LogP contribution >= 0.6 is 0 Å². The molecule has 0 bridgehead atoms. The first-order valence-electron chi connectivity index (χ1n) is 20.8. The van der Waals surface area contributed by atoms with Gasteiger partial charge in [0.05, 0.1) is 30.4 Å². The molecular weight excluding hydrogens is 691 g/mol. The Labute approximate surface area is 325 Å². The number of carbonyl (C=O) groups excluding carboxylic acids is 2. The zero-order valence-corrected chi connectivity index (χ0v) is 38.8. The first kappa shape index (κ1) is 42.4. The minimum atomic E-state index is -2.31. The number of carbonyl (C=O) groups is 2. The third-order valence-electron chi connectivity index (χ3n) is 17.3. The lowest BCUT2D eigenvalue weighted by molar-refractivity contribution is -0.173. The molecule has 5 aliphatic rings. The minimum Gasteiger partial charge on any atom is -0.545 e. The van der Waals surface area contributed by atoms with Crippen LogP contribution in [0.4, 0.5) is 0 Å². The quantitative estimate of drug-likeness (QED) is 0.189. The van der Waals surface area contributed by atoms with E-state index in [1.807, 2.05) is 0 Å². The summed E-state index contributed by atoms with van der Waals surface area (Å²) >= 11 is 0. The van der Waals surface area contributed by atoms with E-state index in [0.717, 1.165) is 56.3 Å². The van der Waals surface area contributed by atoms with Crippen LogP contribution in [0, 0.1) is 68.0 Å². The lowest BCUT2D eigenvalue weighted by atomic mass is 9.35. The molecule has 298 valence electrons. The van der Waals surface area contributed by atoms with Crippen molar-refractivity contribution in [3.05, 3.63) is 23.0 Å². The van der Waals surface area contributed by atoms with E-state index < -0.39 is 22.0 Å². The van der Waals surface area contributed by atoms with E-state index in [2.05, 4.69) is 121 Å². The molecule has 0 heterocycles. The number of fused-ring (bicyclic) bond motifs is 7. The summed E-state index contributed by atoms with van der Waals surface area (Å²) in [4.78, 5) is 28.2. The van der Waals surface area contributed by atoms with Crippen molar-refractivity contribution >= 4 is 28.4 Å². The highest BCUT2D eigenvalue weighted by Gasteiger charge is 2.69. The number of nitriles is 1. The second-order valence-corrected chi connectivity index (χ2v) is 32.5. The van der Waals surface area contributed by atoms with E-state index in [0.29, 0.717) is 13.0 Å². The van der Waals surface area contributed by atoms with Crippen molar-refractivity contribution in [3.63, 3.8) is 0 Å². The SMILES string of the molecule is COC(=O)[C@@H]1CC(C)(C)C[C@@H]2C1CC[C@]1(C)[C@@H]2C(=O)C=C2[C@@]3(C)CC(C#N)=C(O[Si](C)(C)C(C)(C)C)[C@@](C)(CCO[Si](C)(C)C(C)(C)C)[C@@H]3CC[C@]21C. The molecule has 3 fully saturated rings. The van der Waals surface area contributed by atoms with Crippen molar-refractivity contribution in [3.8, 4) is 6.07 Å². The second kappa shape index (κ2) is 13.2. The van der Waals surface area contributed by atoms with Gasteiger partial charge in [0.15, 0.2) is 14.1 Å². The molecule has 9 atom stereocenters. The van der Waals surface area contributed by atoms with Gasteiger partial charge in [0.2, 0.25) is 8.32 Å². The summed E-state index contributed by atoms with van der Waals surface area (Å²) < 4.78 is 19.6. The molecule has 0 aromatic rings. The normalized spacial score (nSPS) is 38.8. The second-order valence-electron chi connectivity index (χ2n) is 23.0. The number of ether oxygens (including phenoxy) is 1. The molecular formula is C45H75NO5Si2. The van der Waals surface area contributed by atoms with Crippen LogP contribution in [0.5, 0.6) is 0 Å². The molecule has 6 nitrogen and oxygen atoms in total. The van der Waals surface area contributed by atoms with Crippen LogP contribution in [-0.4, -0.2) is 42.1 Å². The van der Waals surface area contributed by atoms with Crippen LogP contribution in [0.25, 0.3) is 0 Å².